The smallest absolute Gasteiger partial charge is 0.435 e. The lowest BCUT2D eigenvalue weighted by atomic mass is 10.2. The molecule has 0 bridgehead atoms. The van der Waals surface area contributed by atoms with Crippen molar-refractivity contribution in [3.8, 4) is 11.5 Å². The van der Waals surface area contributed by atoms with Crippen molar-refractivity contribution >= 4 is 17.7 Å². The summed E-state index contributed by atoms with van der Waals surface area (Å²) in [6.45, 7) is 4.57. The average molecular weight is 498 g/mol. The van der Waals surface area contributed by atoms with Crippen LogP contribution in [0.1, 0.15) is 26.5 Å². The van der Waals surface area contributed by atoms with Crippen molar-refractivity contribution in [1.82, 2.24) is 15.1 Å². The van der Waals surface area contributed by atoms with Gasteiger partial charge < -0.3 is 24.4 Å². The fourth-order valence-electron chi connectivity index (χ4n) is 3.13. The number of amides is 2. The van der Waals surface area contributed by atoms with E-state index in [1.807, 2.05) is 0 Å². The first-order chi connectivity index (χ1) is 16.2. The molecule has 1 N–H and O–H groups in total. The molecule has 0 fully saturated rings. The van der Waals surface area contributed by atoms with Crippen LogP contribution in [-0.4, -0.2) is 53.7 Å². The van der Waals surface area contributed by atoms with Crippen molar-refractivity contribution in [2.45, 2.75) is 45.1 Å². The van der Waals surface area contributed by atoms with Gasteiger partial charge in [-0.05, 0) is 39.0 Å². The fraction of sp³-hybridized carbons (Fsp3) is 0.455. The maximum absolute atomic E-state index is 12.9. The summed E-state index contributed by atoms with van der Waals surface area (Å²) in [6, 6.07) is 5.01. The zero-order valence-corrected chi connectivity index (χ0v) is 19.5. The molecule has 2 amide bonds. The molecule has 1 aliphatic heterocycles. The van der Waals surface area contributed by atoms with Crippen molar-refractivity contribution in [1.29, 1.82) is 0 Å². The SMILES string of the molecule is CN1C(=O)[C@@H](NC(=O)OC(C)(C)C)COc2ccc(OCCn3nc(C(F)(F)F)ccc3=O)cc21. The first-order valence-corrected chi connectivity index (χ1v) is 10.6. The summed E-state index contributed by atoms with van der Waals surface area (Å²) in [5.74, 6) is 0.189. The zero-order valence-electron chi connectivity index (χ0n) is 19.5. The van der Waals surface area contributed by atoms with E-state index in [1.54, 1.807) is 32.9 Å². The number of rotatable bonds is 5. The van der Waals surface area contributed by atoms with Gasteiger partial charge in [-0.2, -0.15) is 18.3 Å². The lowest BCUT2D eigenvalue weighted by molar-refractivity contribution is -0.142. The van der Waals surface area contributed by atoms with Gasteiger partial charge >= 0.3 is 12.3 Å². The van der Waals surface area contributed by atoms with Gasteiger partial charge in [0.2, 0.25) is 0 Å². The molecule has 1 atom stereocenters. The molecular formula is C22H25F3N4O6. The molecule has 0 unspecified atom stereocenters. The van der Waals surface area contributed by atoms with E-state index in [0.29, 0.717) is 22.2 Å². The number of nitrogens with one attached hydrogen (secondary N) is 1. The molecule has 2 heterocycles. The molecular weight excluding hydrogens is 473 g/mol. The van der Waals surface area contributed by atoms with Gasteiger partial charge in [-0.3, -0.25) is 9.59 Å². The number of hydrogen-bond acceptors (Lipinski definition) is 7. The molecule has 10 nitrogen and oxygen atoms in total. The van der Waals surface area contributed by atoms with Crippen LogP contribution in [0.5, 0.6) is 11.5 Å². The number of halogens is 3. The highest BCUT2D eigenvalue weighted by molar-refractivity contribution is 6.00. The summed E-state index contributed by atoms with van der Waals surface area (Å²) in [5.41, 5.74) is -2.27. The number of benzene rings is 1. The van der Waals surface area contributed by atoms with E-state index >= 15 is 0 Å². The van der Waals surface area contributed by atoms with E-state index in [1.165, 1.54) is 18.0 Å². The predicted octanol–water partition coefficient (Wildman–Crippen LogP) is 2.59. The molecule has 0 spiro atoms. The Morgan fingerprint density at radius 3 is 2.57 bits per heavy atom. The predicted molar refractivity (Wildman–Crippen MR) is 117 cm³/mol. The first kappa shape index (κ1) is 25.8. The van der Waals surface area contributed by atoms with Crippen molar-refractivity contribution < 1.29 is 37.0 Å². The molecule has 3 rings (SSSR count). The number of ether oxygens (including phenoxy) is 3. The summed E-state index contributed by atoms with van der Waals surface area (Å²) in [7, 11) is 1.50. The normalized spacial score (nSPS) is 16.1. The summed E-state index contributed by atoms with van der Waals surface area (Å²) >= 11 is 0. The number of likely N-dealkylation sites (N-methyl/N-ethyl adjacent to an activating group) is 1. The molecule has 35 heavy (non-hydrogen) atoms. The lowest BCUT2D eigenvalue weighted by Crippen LogP contribution is -2.50. The van der Waals surface area contributed by atoms with E-state index in [-0.39, 0.29) is 25.5 Å². The second-order valence-corrected chi connectivity index (χ2v) is 8.66. The molecule has 0 saturated carbocycles. The Labute approximate surface area is 198 Å². The van der Waals surface area contributed by atoms with Crippen LogP contribution in [0, 0.1) is 0 Å². The number of carbonyl (C=O) groups excluding carboxylic acids is 2. The zero-order chi connectivity index (χ0) is 26.0. The van der Waals surface area contributed by atoms with Gasteiger partial charge in [-0.15, -0.1) is 0 Å². The second kappa shape index (κ2) is 9.84. The van der Waals surface area contributed by atoms with E-state index in [2.05, 4.69) is 10.4 Å². The summed E-state index contributed by atoms with van der Waals surface area (Å²) in [6.07, 6.45) is -5.44. The maximum Gasteiger partial charge on any atom is 0.435 e. The van der Waals surface area contributed by atoms with E-state index in [9.17, 15) is 27.6 Å². The minimum atomic E-state index is -4.68. The monoisotopic (exact) mass is 498 g/mol. The highest BCUT2D eigenvalue weighted by Gasteiger charge is 2.34. The van der Waals surface area contributed by atoms with Gasteiger partial charge in [-0.1, -0.05) is 0 Å². The van der Waals surface area contributed by atoms with Crippen LogP contribution in [0.3, 0.4) is 0 Å². The van der Waals surface area contributed by atoms with Gasteiger partial charge in [0.1, 0.15) is 36.4 Å². The van der Waals surface area contributed by atoms with Gasteiger partial charge in [0.25, 0.3) is 11.5 Å². The van der Waals surface area contributed by atoms with Crippen LogP contribution in [0.25, 0.3) is 0 Å². The molecule has 1 aromatic carbocycles. The fourth-order valence-corrected chi connectivity index (χ4v) is 3.13. The third-order valence-electron chi connectivity index (χ3n) is 4.75. The molecule has 2 aromatic rings. The number of aromatic nitrogens is 2. The Morgan fingerprint density at radius 1 is 1.20 bits per heavy atom. The molecule has 190 valence electrons. The van der Waals surface area contributed by atoms with Gasteiger partial charge in [-0.25, -0.2) is 9.48 Å². The van der Waals surface area contributed by atoms with E-state index in [0.717, 1.165) is 6.07 Å². The minimum Gasteiger partial charge on any atom is -0.492 e. The average Bonchev–Trinajstić information content (AvgIpc) is 2.85. The van der Waals surface area contributed by atoms with Gasteiger partial charge in [0.15, 0.2) is 5.69 Å². The summed E-state index contributed by atoms with van der Waals surface area (Å²) in [4.78, 5) is 38.0. The van der Waals surface area contributed by atoms with Crippen molar-refractivity contribution in [2.24, 2.45) is 0 Å². The highest BCUT2D eigenvalue weighted by Crippen LogP contribution is 2.34. The Kier molecular flexibility index (Phi) is 7.27. The maximum atomic E-state index is 12.9. The second-order valence-electron chi connectivity index (χ2n) is 8.66. The molecule has 0 radical (unpaired) electrons. The summed E-state index contributed by atoms with van der Waals surface area (Å²) in [5, 5.41) is 5.80. The molecule has 1 aliphatic rings. The first-order valence-electron chi connectivity index (χ1n) is 10.6. The van der Waals surface area contributed by atoms with E-state index < -0.39 is 41.1 Å². The molecule has 0 aliphatic carbocycles. The highest BCUT2D eigenvalue weighted by atomic mass is 19.4. The van der Waals surface area contributed by atoms with Crippen LogP contribution >= 0.6 is 0 Å². The lowest BCUT2D eigenvalue weighted by Gasteiger charge is -2.23. The third-order valence-corrected chi connectivity index (χ3v) is 4.75. The molecule has 1 aromatic heterocycles. The van der Waals surface area contributed by atoms with Crippen LogP contribution in [-0.2, 0) is 22.3 Å². The van der Waals surface area contributed by atoms with Crippen LogP contribution < -0.4 is 25.2 Å². The van der Waals surface area contributed by atoms with Crippen molar-refractivity contribution in [3.05, 3.63) is 46.4 Å². The van der Waals surface area contributed by atoms with E-state index in [4.69, 9.17) is 14.2 Å². The van der Waals surface area contributed by atoms with Crippen LogP contribution in [0.4, 0.5) is 23.7 Å². The largest absolute Gasteiger partial charge is 0.492 e. The Bertz CT molecular complexity index is 1160. The number of anilines is 1. The van der Waals surface area contributed by atoms with Gasteiger partial charge in [0, 0.05) is 19.2 Å². The Morgan fingerprint density at radius 2 is 1.91 bits per heavy atom. The van der Waals surface area contributed by atoms with Crippen molar-refractivity contribution in [3.63, 3.8) is 0 Å². The standard InChI is InChI=1S/C22H25F3N4O6/c1-21(2,3)35-20(32)26-14-12-34-16-6-5-13(11-15(16)28(4)19(14)31)33-10-9-29-18(30)8-7-17(27-29)22(23,24)25/h5-8,11,14H,9-10,12H2,1-4H3,(H,26,32)/t14-/m0/s1. The number of hydrogen-bond donors (Lipinski definition) is 1. The molecule has 0 saturated heterocycles. The number of carbonyl (C=O) groups is 2. The number of nitrogens with zero attached hydrogens (tertiary/aromatic N) is 3. The van der Waals surface area contributed by atoms with Crippen molar-refractivity contribution in [2.75, 3.05) is 25.2 Å². The summed E-state index contributed by atoms with van der Waals surface area (Å²) < 4.78 is 55.6. The number of alkyl halides is 3. The van der Waals surface area contributed by atoms with Gasteiger partial charge in [0.05, 0.1) is 12.2 Å². The quantitative estimate of drug-likeness (QED) is 0.675. The minimum absolute atomic E-state index is 0.125. The van der Waals surface area contributed by atoms with Crippen LogP contribution in [0.15, 0.2) is 35.1 Å². The number of alkyl carbamates (subject to hydrolysis) is 1. The third kappa shape index (κ3) is 6.64. The Balaban J connectivity index is 1.67. The molecule has 13 heteroatoms. The Hall–Kier alpha value is -3.77. The topological polar surface area (TPSA) is 112 Å². The number of fused-ring (bicyclic) bond motifs is 1. The van der Waals surface area contributed by atoms with Crippen LogP contribution in [0.2, 0.25) is 0 Å².